The van der Waals surface area contributed by atoms with Crippen molar-refractivity contribution in [3.63, 3.8) is 0 Å². The molecule has 0 bridgehead atoms. The van der Waals surface area contributed by atoms with E-state index in [0.29, 0.717) is 6.04 Å². The van der Waals surface area contributed by atoms with Gasteiger partial charge in [0.25, 0.3) is 0 Å². The van der Waals surface area contributed by atoms with Gasteiger partial charge in [-0.15, -0.1) is 11.3 Å². The van der Waals surface area contributed by atoms with Gasteiger partial charge in [-0.05, 0) is 44.6 Å². The Morgan fingerprint density at radius 3 is 2.76 bits per heavy atom. The highest BCUT2D eigenvalue weighted by Gasteiger charge is 2.27. The van der Waals surface area contributed by atoms with E-state index in [1.807, 2.05) is 11.3 Å². The number of hydrogen-bond acceptors (Lipinski definition) is 4. The number of aromatic nitrogens is 1. The highest BCUT2D eigenvalue weighted by atomic mass is 32.1. The molecular weight excluding hydrogens is 278 g/mol. The largest absolute Gasteiger partial charge is 0.348 e. The lowest BCUT2D eigenvalue weighted by atomic mass is 9.93. The van der Waals surface area contributed by atoms with Gasteiger partial charge in [0, 0.05) is 18.0 Å². The average molecular weight is 308 g/mol. The van der Waals surface area contributed by atoms with E-state index in [1.54, 1.807) is 0 Å². The molecule has 0 radical (unpaired) electrons. The van der Waals surface area contributed by atoms with E-state index in [4.69, 9.17) is 4.98 Å². The summed E-state index contributed by atoms with van der Waals surface area (Å²) in [5.41, 5.74) is 1.36. The topological polar surface area (TPSA) is 28.2 Å². The van der Waals surface area contributed by atoms with Crippen LogP contribution in [-0.2, 0) is 6.42 Å². The molecule has 1 saturated heterocycles. The molecule has 1 aromatic rings. The van der Waals surface area contributed by atoms with E-state index in [2.05, 4.69) is 24.1 Å². The maximum atomic E-state index is 5.03. The molecule has 3 nitrogen and oxygen atoms in total. The SMILES string of the molecule is CCCC1CCN(c2nc3c(s2)CCCC3NCC)CC1. The van der Waals surface area contributed by atoms with Crippen LogP contribution in [0.3, 0.4) is 0 Å². The van der Waals surface area contributed by atoms with Gasteiger partial charge in [-0.3, -0.25) is 0 Å². The van der Waals surface area contributed by atoms with Crippen LogP contribution in [-0.4, -0.2) is 24.6 Å². The molecule has 1 unspecified atom stereocenters. The summed E-state index contributed by atoms with van der Waals surface area (Å²) in [7, 11) is 0. The van der Waals surface area contributed by atoms with Crippen molar-refractivity contribution in [1.29, 1.82) is 0 Å². The van der Waals surface area contributed by atoms with Gasteiger partial charge in [0.05, 0.1) is 11.7 Å². The van der Waals surface area contributed by atoms with Crippen molar-refractivity contribution in [2.75, 3.05) is 24.5 Å². The van der Waals surface area contributed by atoms with E-state index in [-0.39, 0.29) is 0 Å². The first-order valence-electron chi connectivity index (χ1n) is 8.79. The smallest absolute Gasteiger partial charge is 0.185 e. The molecule has 0 saturated carbocycles. The van der Waals surface area contributed by atoms with Crippen LogP contribution >= 0.6 is 11.3 Å². The van der Waals surface area contributed by atoms with Crippen LogP contribution in [0.4, 0.5) is 5.13 Å². The molecule has 1 atom stereocenters. The molecule has 3 rings (SSSR count). The van der Waals surface area contributed by atoms with E-state index >= 15 is 0 Å². The van der Waals surface area contributed by atoms with Gasteiger partial charge in [-0.2, -0.15) is 0 Å². The van der Waals surface area contributed by atoms with Crippen molar-refractivity contribution in [1.82, 2.24) is 10.3 Å². The maximum absolute atomic E-state index is 5.03. The number of hydrogen-bond donors (Lipinski definition) is 1. The molecule has 1 aliphatic carbocycles. The van der Waals surface area contributed by atoms with Gasteiger partial charge in [0.1, 0.15) is 0 Å². The quantitative estimate of drug-likeness (QED) is 0.886. The fraction of sp³-hybridized carbons (Fsp3) is 0.824. The molecule has 118 valence electrons. The fourth-order valence-corrected chi connectivity index (χ4v) is 5.02. The van der Waals surface area contributed by atoms with Crippen LogP contribution in [0.2, 0.25) is 0 Å². The van der Waals surface area contributed by atoms with Crippen LogP contribution in [0, 0.1) is 5.92 Å². The summed E-state index contributed by atoms with van der Waals surface area (Å²) in [5.74, 6) is 0.954. The second-order valence-corrected chi connectivity index (χ2v) is 7.59. The second-order valence-electron chi connectivity index (χ2n) is 6.53. The monoisotopic (exact) mass is 307 g/mol. The Morgan fingerprint density at radius 1 is 1.24 bits per heavy atom. The first-order chi connectivity index (χ1) is 10.3. The number of anilines is 1. The third-order valence-corrected chi connectivity index (χ3v) is 6.17. The summed E-state index contributed by atoms with van der Waals surface area (Å²) in [6, 6.07) is 0.501. The van der Waals surface area contributed by atoms with E-state index in [9.17, 15) is 0 Å². The van der Waals surface area contributed by atoms with E-state index < -0.39 is 0 Å². The Balaban J connectivity index is 1.67. The number of aryl methyl sites for hydroxylation is 1. The summed E-state index contributed by atoms with van der Waals surface area (Å²) in [5, 5.41) is 4.90. The Bertz CT molecular complexity index is 449. The standard InChI is InChI=1S/C17H29N3S/c1-3-6-13-9-11-20(12-10-13)17-19-16-14(18-4-2)7-5-8-15(16)21-17/h13-14,18H,3-12H2,1-2H3. The Kier molecular flexibility index (Phi) is 5.17. The molecule has 0 aromatic carbocycles. The molecule has 0 spiro atoms. The van der Waals surface area contributed by atoms with Crippen molar-refractivity contribution in [3.8, 4) is 0 Å². The number of fused-ring (bicyclic) bond motifs is 1. The molecule has 2 aliphatic rings. The predicted molar refractivity (Wildman–Crippen MR) is 91.3 cm³/mol. The third-order valence-electron chi connectivity index (χ3n) is 4.98. The van der Waals surface area contributed by atoms with Crippen LogP contribution in [0.1, 0.15) is 69.0 Å². The van der Waals surface area contributed by atoms with Crippen LogP contribution in [0.15, 0.2) is 0 Å². The lowest BCUT2D eigenvalue weighted by molar-refractivity contribution is 0.378. The van der Waals surface area contributed by atoms with Crippen LogP contribution in [0.5, 0.6) is 0 Å². The summed E-state index contributed by atoms with van der Waals surface area (Å²) in [6.45, 7) is 7.97. The number of thiazole rings is 1. The first-order valence-corrected chi connectivity index (χ1v) is 9.61. The average Bonchev–Trinajstić information content (AvgIpc) is 2.94. The molecule has 1 fully saturated rings. The minimum Gasteiger partial charge on any atom is -0.348 e. The van der Waals surface area contributed by atoms with E-state index in [1.165, 1.54) is 73.7 Å². The Hall–Kier alpha value is -0.610. The zero-order valence-electron chi connectivity index (χ0n) is 13.5. The van der Waals surface area contributed by atoms with Crippen LogP contribution < -0.4 is 10.2 Å². The third kappa shape index (κ3) is 3.42. The summed E-state index contributed by atoms with van der Waals surface area (Å²) in [6.07, 6.45) is 9.25. The van der Waals surface area contributed by atoms with Gasteiger partial charge in [-0.25, -0.2) is 4.98 Å². The van der Waals surface area contributed by atoms with Crippen molar-refractivity contribution >= 4 is 16.5 Å². The molecule has 21 heavy (non-hydrogen) atoms. The Labute approximate surface area is 133 Å². The predicted octanol–water partition coefficient (Wildman–Crippen LogP) is 4.15. The number of nitrogens with zero attached hydrogens (tertiary/aromatic N) is 2. The van der Waals surface area contributed by atoms with Crippen molar-refractivity contribution < 1.29 is 0 Å². The van der Waals surface area contributed by atoms with Crippen LogP contribution in [0.25, 0.3) is 0 Å². The number of piperidine rings is 1. The lowest BCUT2D eigenvalue weighted by Gasteiger charge is -2.31. The summed E-state index contributed by atoms with van der Waals surface area (Å²) in [4.78, 5) is 9.11. The maximum Gasteiger partial charge on any atom is 0.185 e. The fourth-order valence-electron chi connectivity index (χ4n) is 3.81. The Morgan fingerprint density at radius 2 is 2.05 bits per heavy atom. The van der Waals surface area contributed by atoms with Crippen molar-refractivity contribution in [3.05, 3.63) is 10.6 Å². The molecule has 1 aromatic heterocycles. The first kappa shape index (κ1) is 15.3. The minimum absolute atomic E-state index is 0.501. The minimum atomic E-state index is 0.501. The zero-order chi connectivity index (χ0) is 14.7. The normalized spacial score (nSPS) is 23.3. The van der Waals surface area contributed by atoms with Gasteiger partial charge >= 0.3 is 0 Å². The molecular formula is C17H29N3S. The van der Waals surface area contributed by atoms with Gasteiger partial charge in [-0.1, -0.05) is 26.7 Å². The molecule has 1 N–H and O–H groups in total. The zero-order valence-corrected chi connectivity index (χ0v) is 14.3. The molecule has 2 heterocycles. The second kappa shape index (κ2) is 7.10. The highest BCUT2D eigenvalue weighted by molar-refractivity contribution is 7.15. The van der Waals surface area contributed by atoms with Gasteiger partial charge < -0.3 is 10.2 Å². The van der Waals surface area contributed by atoms with Crippen molar-refractivity contribution in [2.24, 2.45) is 5.92 Å². The molecule has 1 aliphatic heterocycles. The summed E-state index contributed by atoms with van der Waals surface area (Å²) < 4.78 is 0. The van der Waals surface area contributed by atoms with Gasteiger partial charge in [0.15, 0.2) is 5.13 Å². The highest BCUT2D eigenvalue weighted by Crippen LogP contribution is 2.38. The molecule has 4 heteroatoms. The lowest BCUT2D eigenvalue weighted by Crippen LogP contribution is -2.33. The number of rotatable bonds is 5. The number of nitrogens with one attached hydrogen (secondary N) is 1. The summed E-state index contributed by atoms with van der Waals surface area (Å²) >= 11 is 1.96. The van der Waals surface area contributed by atoms with Gasteiger partial charge in [0.2, 0.25) is 0 Å². The molecule has 0 amide bonds. The van der Waals surface area contributed by atoms with E-state index in [0.717, 1.165) is 12.5 Å². The van der Waals surface area contributed by atoms with Crippen molar-refractivity contribution in [2.45, 2.75) is 64.8 Å².